The fraction of sp³-hybridized carbons (Fsp3) is 0.419. The number of phenols is 1. The van der Waals surface area contributed by atoms with Crippen LogP contribution in [0.2, 0.25) is 0 Å². The Morgan fingerprint density at radius 1 is 0.974 bits per heavy atom. The van der Waals surface area contributed by atoms with Gasteiger partial charge < -0.3 is 15.3 Å². The maximum absolute atomic E-state index is 15.9. The van der Waals surface area contributed by atoms with Gasteiger partial charge in [0.2, 0.25) is 0 Å². The van der Waals surface area contributed by atoms with Gasteiger partial charge in [0, 0.05) is 37.1 Å². The molecule has 2 heterocycles. The van der Waals surface area contributed by atoms with Crippen molar-refractivity contribution in [1.29, 1.82) is 0 Å². The first-order valence-corrected chi connectivity index (χ1v) is 13.6. The number of halogens is 3. The monoisotopic (exact) mass is 521 g/mol. The largest absolute Gasteiger partial charge is 0.508 e. The number of benzene rings is 3. The van der Waals surface area contributed by atoms with Crippen molar-refractivity contribution in [3.63, 3.8) is 0 Å². The van der Waals surface area contributed by atoms with Crippen LogP contribution in [0.1, 0.15) is 60.4 Å². The molecule has 6 rings (SSSR count). The molecule has 7 heteroatoms. The second-order valence-electron chi connectivity index (χ2n) is 11.1. The standard InChI is InChI=1S/C31H34F3N3O/c1-19-13-22-14-26(38)9-10-27(22)31(37(19)25-7-5-21(6-8-25)20-3-4-20)30-28(33)15-23(16-29(30)34)35-24-17-36(18-24)12-2-11-32/h5-10,14-16,19-20,24,31,35,38H,2-4,11-13,17-18H2,1H3/t19?,31-/m1/s1. The van der Waals surface area contributed by atoms with E-state index in [-0.39, 0.29) is 30.1 Å². The Balaban J connectivity index is 1.33. The number of nitrogens with one attached hydrogen (secondary N) is 1. The van der Waals surface area contributed by atoms with Crippen LogP contribution in [-0.4, -0.2) is 48.4 Å². The molecule has 200 valence electrons. The zero-order chi connectivity index (χ0) is 26.4. The molecule has 1 saturated heterocycles. The van der Waals surface area contributed by atoms with E-state index in [2.05, 4.69) is 46.3 Å². The molecule has 2 aliphatic heterocycles. The summed E-state index contributed by atoms with van der Waals surface area (Å²) in [6.45, 7) is 3.88. The number of nitrogens with zero attached hydrogens (tertiary/aromatic N) is 2. The summed E-state index contributed by atoms with van der Waals surface area (Å²) in [5.41, 5.74) is 4.36. The van der Waals surface area contributed by atoms with Gasteiger partial charge in [-0.3, -0.25) is 9.29 Å². The Bertz CT molecular complexity index is 1280. The van der Waals surface area contributed by atoms with Gasteiger partial charge in [-0.05, 0) is 91.6 Å². The highest BCUT2D eigenvalue weighted by molar-refractivity contribution is 5.60. The van der Waals surface area contributed by atoms with E-state index in [0.717, 1.165) is 29.9 Å². The summed E-state index contributed by atoms with van der Waals surface area (Å²) in [6.07, 6.45) is 3.59. The van der Waals surface area contributed by atoms with Gasteiger partial charge in [0.15, 0.2) is 0 Å². The first kappa shape index (κ1) is 25.1. The molecule has 0 aromatic heterocycles. The van der Waals surface area contributed by atoms with E-state index in [9.17, 15) is 9.50 Å². The number of rotatable bonds is 8. The highest BCUT2D eigenvalue weighted by Gasteiger charge is 2.37. The number of likely N-dealkylation sites (tertiary alicyclic amines) is 1. The third-order valence-electron chi connectivity index (χ3n) is 8.22. The molecular formula is C31H34F3N3O. The van der Waals surface area contributed by atoms with E-state index in [0.29, 0.717) is 31.0 Å². The molecule has 38 heavy (non-hydrogen) atoms. The van der Waals surface area contributed by atoms with Gasteiger partial charge in [0.1, 0.15) is 17.4 Å². The quantitative estimate of drug-likeness (QED) is 0.353. The molecule has 2 N–H and O–H groups in total. The molecule has 3 aliphatic rings. The zero-order valence-corrected chi connectivity index (χ0v) is 21.6. The molecule has 2 fully saturated rings. The molecule has 3 aromatic carbocycles. The minimum absolute atomic E-state index is 0.0125. The Kier molecular flexibility index (Phi) is 6.72. The number of alkyl halides is 1. The van der Waals surface area contributed by atoms with E-state index >= 15 is 8.78 Å². The SMILES string of the molecule is CC1Cc2cc(O)ccc2[C@H](c2c(F)cc(NC3CN(CCCF)C3)cc2F)N1c1ccc(C2CC2)cc1. The number of hydrogen-bond acceptors (Lipinski definition) is 4. The Morgan fingerprint density at radius 3 is 2.34 bits per heavy atom. The fourth-order valence-electron chi connectivity index (χ4n) is 6.18. The van der Waals surface area contributed by atoms with Crippen molar-refractivity contribution in [1.82, 2.24) is 4.90 Å². The van der Waals surface area contributed by atoms with E-state index < -0.39 is 17.7 Å². The molecule has 0 bridgehead atoms. The van der Waals surface area contributed by atoms with E-state index in [1.807, 2.05) is 0 Å². The van der Waals surface area contributed by atoms with Crippen LogP contribution in [0.4, 0.5) is 24.5 Å². The van der Waals surface area contributed by atoms with E-state index in [1.165, 1.54) is 30.5 Å². The third kappa shape index (κ3) is 4.84. The average Bonchev–Trinajstić information content (AvgIpc) is 3.70. The third-order valence-corrected chi connectivity index (χ3v) is 8.22. The number of hydrogen-bond donors (Lipinski definition) is 2. The van der Waals surface area contributed by atoms with Gasteiger partial charge >= 0.3 is 0 Å². The van der Waals surface area contributed by atoms with Crippen molar-refractivity contribution in [2.75, 3.05) is 36.5 Å². The smallest absolute Gasteiger partial charge is 0.133 e. The maximum Gasteiger partial charge on any atom is 0.133 e. The molecule has 0 radical (unpaired) electrons. The second-order valence-corrected chi connectivity index (χ2v) is 11.1. The van der Waals surface area contributed by atoms with Gasteiger partial charge in [0.05, 0.1) is 24.3 Å². The molecule has 3 aromatic rings. The highest BCUT2D eigenvalue weighted by Crippen LogP contribution is 2.45. The average molecular weight is 522 g/mol. The van der Waals surface area contributed by atoms with Crippen molar-refractivity contribution >= 4 is 11.4 Å². The van der Waals surface area contributed by atoms with Crippen LogP contribution in [0.5, 0.6) is 5.75 Å². The first-order valence-electron chi connectivity index (χ1n) is 13.6. The van der Waals surface area contributed by atoms with Crippen LogP contribution in [0.25, 0.3) is 0 Å². The topological polar surface area (TPSA) is 38.7 Å². The second kappa shape index (κ2) is 10.2. The van der Waals surface area contributed by atoms with Crippen LogP contribution in [0.3, 0.4) is 0 Å². The molecule has 1 saturated carbocycles. The molecule has 1 unspecified atom stereocenters. The number of fused-ring (bicyclic) bond motifs is 1. The van der Waals surface area contributed by atoms with E-state index in [1.54, 1.807) is 18.2 Å². The minimum atomic E-state index is -0.671. The molecular weight excluding hydrogens is 487 g/mol. The molecule has 2 atom stereocenters. The molecule has 4 nitrogen and oxygen atoms in total. The van der Waals surface area contributed by atoms with Gasteiger partial charge in [-0.25, -0.2) is 8.78 Å². The number of phenolic OH excluding ortho intramolecular Hbond substituents is 1. The Morgan fingerprint density at radius 2 is 1.68 bits per heavy atom. The molecule has 0 spiro atoms. The fourth-order valence-corrected chi connectivity index (χ4v) is 6.18. The van der Waals surface area contributed by atoms with Crippen LogP contribution in [-0.2, 0) is 6.42 Å². The highest BCUT2D eigenvalue weighted by atomic mass is 19.1. The van der Waals surface area contributed by atoms with Crippen molar-refractivity contribution < 1.29 is 18.3 Å². The summed E-state index contributed by atoms with van der Waals surface area (Å²) in [5, 5.41) is 13.4. The number of aromatic hydroxyl groups is 1. The maximum atomic E-state index is 15.9. The van der Waals surface area contributed by atoms with Gasteiger partial charge in [0.25, 0.3) is 0 Å². The lowest BCUT2D eigenvalue weighted by molar-refractivity contribution is 0.155. The predicted octanol–water partition coefficient (Wildman–Crippen LogP) is 6.54. The normalized spacial score (nSPS) is 21.7. The molecule has 1 aliphatic carbocycles. The lowest BCUT2D eigenvalue weighted by Crippen LogP contribution is -2.54. The Labute approximate surface area is 222 Å². The van der Waals surface area contributed by atoms with Crippen LogP contribution >= 0.6 is 0 Å². The van der Waals surface area contributed by atoms with Gasteiger partial charge in [-0.1, -0.05) is 18.2 Å². The minimum Gasteiger partial charge on any atom is -0.508 e. The molecule has 0 amide bonds. The van der Waals surface area contributed by atoms with Gasteiger partial charge in [-0.15, -0.1) is 0 Å². The lowest BCUT2D eigenvalue weighted by atomic mass is 9.84. The summed E-state index contributed by atoms with van der Waals surface area (Å²) in [5.74, 6) is -0.417. The van der Waals surface area contributed by atoms with Crippen molar-refractivity contribution in [3.8, 4) is 5.75 Å². The summed E-state index contributed by atoms with van der Waals surface area (Å²) >= 11 is 0. The Hall–Kier alpha value is -3.19. The first-order chi connectivity index (χ1) is 18.4. The summed E-state index contributed by atoms with van der Waals surface area (Å²) in [4.78, 5) is 4.24. The van der Waals surface area contributed by atoms with Crippen molar-refractivity contribution in [3.05, 3.63) is 88.5 Å². The van der Waals surface area contributed by atoms with Crippen molar-refractivity contribution in [2.24, 2.45) is 0 Å². The zero-order valence-electron chi connectivity index (χ0n) is 21.6. The van der Waals surface area contributed by atoms with Gasteiger partial charge in [-0.2, -0.15) is 0 Å². The number of anilines is 2. The predicted molar refractivity (Wildman–Crippen MR) is 145 cm³/mol. The van der Waals surface area contributed by atoms with Crippen LogP contribution in [0, 0.1) is 11.6 Å². The lowest BCUT2D eigenvalue weighted by Gasteiger charge is -2.44. The summed E-state index contributed by atoms with van der Waals surface area (Å²) in [7, 11) is 0. The van der Waals surface area contributed by atoms with Crippen LogP contribution < -0.4 is 10.2 Å². The summed E-state index contributed by atoms with van der Waals surface area (Å²) in [6, 6.07) is 15.6. The summed E-state index contributed by atoms with van der Waals surface area (Å²) < 4.78 is 44.2. The van der Waals surface area contributed by atoms with Crippen LogP contribution in [0.15, 0.2) is 54.6 Å². The van der Waals surface area contributed by atoms with Crippen molar-refractivity contribution in [2.45, 2.75) is 56.7 Å². The van der Waals surface area contributed by atoms with E-state index in [4.69, 9.17) is 0 Å².